The van der Waals surface area contributed by atoms with Crippen LogP contribution in [0, 0.1) is 5.92 Å². The second-order valence-electron chi connectivity index (χ2n) is 4.46. The lowest BCUT2D eigenvalue weighted by Crippen LogP contribution is -2.32. The molecule has 0 heterocycles. The van der Waals surface area contributed by atoms with Gasteiger partial charge in [-0.25, -0.2) is 13.1 Å². The predicted molar refractivity (Wildman–Crippen MR) is 78.8 cm³/mol. The Labute approximate surface area is 124 Å². The number of rotatable bonds is 4. The van der Waals surface area contributed by atoms with Crippen molar-refractivity contribution >= 4 is 47.6 Å². The van der Waals surface area contributed by atoms with Crippen molar-refractivity contribution in [2.75, 3.05) is 12.3 Å². The maximum Gasteiger partial charge on any atom is 0.242 e. The standard InChI is InChI=1S/C11H14Br2N2O2S/c12-9-4-8(14)5-10(13)11(9)18(16,17)15-6-7-2-1-3-7/h4-5,7,15H,1-3,6,14H2. The molecule has 18 heavy (non-hydrogen) atoms. The quantitative estimate of drug-likeness (QED) is 0.767. The molecule has 0 spiro atoms. The number of hydrogen-bond acceptors (Lipinski definition) is 3. The van der Waals surface area contributed by atoms with Crippen molar-refractivity contribution in [1.82, 2.24) is 4.72 Å². The van der Waals surface area contributed by atoms with E-state index in [1.807, 2.05) is 0 Å². The van der Waals surface area contributed by atoms with Gasteiger partial charge in [0.15, 0.2) is 0 Å². The van der Waals surface area contributed by atoms with Gasteiger partial charge in [0.05, 0.1) is 0 Å². The minimum atomic E-state index is -3.51. The number of nitrogens with two attached hydrogens (primary N) is 1. The Morgan fingerprint density at radius 1 is 1.28 bits per heavy atom. The van der Waals surface area contributed by atoms with Gasteiger partial charge in [0.2, 0.25) is 10.0 Å². The Morgan fingerprint density at radius 3 is 2.28 bits per heavy atom. The molecule has 4 nitrogen and oxygen atoms in total. The normalized spacial score (nSPS) is 16.6. The minimum absolute atomic E-state index is 0.205. The second kappa shape index (κ2) is 5.48. The van der Waals surface area contributed by atoms with E-state index in [2.05, 4.69) is 36.6 Å². The number of halogens is 2. The van der Waals surface area contributed by atoms with Crippen molar-refractivity contribution < 1.29 is 8.42 Å². The van der Waals surface area contributed by atoms with Gasteiger partial charge in [-0.1, -0.05) is 6.42 Å². The molecule has 0 aromatic heterocycles. The Balaban J connectivity index is 2.23. The van der Waals surface area contributed by atoms with Gasteiger partial charge < -0.3 is 5.73 Å². The highest BCUT2D eigenvalue weighted by Gasteiger charge is 2.24. The fourth-order valence-electron chi connectivity index (χ4n) is 1.83. The fourth-order valence-corrected chi connectivity index (χ4v) is 5.56. The SMILES string of the molecule is Nc1cc(Br)c(S(=O)(=O)NCC2CCC2)c(Br)c1. The highest BCUT2D eigenvalue weighted by molar-refractivity contribution is 9.11. The molecule has 0 atom stereocenters. The third kappa shape index (κ3) is 3.07. The molecular weight excluding hydrogens is 384 g/mol. The van der Waals surface area contributed by atoms with Crippen LogP contribution in [0.5, 0.6) is 0 Å². The van der Waals surface area contributed by atoms with E-state index in [1.165, 1.54) is 6.42 Å². The van der Waals surface area contributed by atoms with Crippen LogP contribution < -0.4 is 10.5 Å². The lowest BCUT2D eigenvalue weighted by molar-refractivity contribution is 0.316. The van der Waals surface area contributed by atoms with Crippen LogP contribution in [0.3, 0.4) is 0 Å². The first kappa shape index (κ1) is 14.3. The lowest BCUT2D eigenvalue weighted by atomic mass is 9.86. The number of benzene rings is 1. The predicted octanol–water partition coefficient (Wildman–Crippen LogP) is 2.87. The highest BCUT2D eigenvalue weighted by atomic mass is 79.9. The number of hydrogen-bond donors (Lipinski definition) is 2. The molecule has 1 aliphatic rings. The third-order valence-corrected chi connectivity index (χ3v) is 6.38. The summed E-state index contributed by atoms with van der Waals surface area (Å²) in [7, 11) is -3.51. The molecule has 1 saturated carbocycles. The smallest absolute Gasteiger partial charge is 0.242 e. The van der Waals surface area contributed by atoms with Crippen molar-refractivity contribution in [3.63, 3.8) is 0 Å². The van der Waals surface area contributed by atoms with Crippen molar-refractivity contribution in [2.24, 2.45) is 5.92 Å². The molecule has 2 rings (SSSR count). The lowest BCUT2D eigenvalue weighted by Gasteiger charge is -2.25. The van der Waals surface area contributed by atoms with Crippen LogP contribution in [-0.4, -0.2) is 15.0 Å². The summed E-state index contributed by atoms with van der Waals surface area (Å²) >= 11 is 6.49. The zero-order chi connectivity index (χ0) is 13.3. The second-order valence-corrected chi connectivity index (χ2v) is 7.87. The molecule has 1 aromatic carbocycles. The average Bonchev–Trinajstić information content (AvgIpc) is 2.11. The molecule has 1 aliphatic carbocycles. The van der Waals surface area contributed by atoms with Gasteiger partial charge >= 0.3 is 0 Å². The van der Waals surface area contributed by atoms with Crippen LogP contribution in [0.15, 0.2) is 26.0 Å². The first-order valence-electron chi connectivity index (χ1n) is 5.64. The van der Waals surface area contributed by atoms with E-state index in [9.17, 15) is 8.42 Å². The van der Waals surface area contributed by atoms with Crippen LogP contribution in [0.25, 0.3) is 0 Å². The molecule has 0 aliphatic heterocycles. The summed E-state index contributed by atoms with van der Waals surface area (Å²) < 4.78 is 28.0. The van der Waals surface area contributed by atoms with Gasteiger partial charge in [0, 0.05) is 21.2 Å². The highest BCUT2D eigenvalue weighted by Crippen LogP contribution is 2.33. The van der Waals surface area contributed by atoms with E-state index in [-0.39, 0.29) is 4.90 Å². The van der Waals surface area contributed by atoms with Crippen LogP contribution in [0.1, 0.15) is 19.3 Å². The average molecular weight is 398 g/mol. The zero-order valence-electron chi connectivity index (χ0n) is 9.62. The van der Waals surface area contributed by atoms with Crippen LogP contribution in [-0.2, 0) is 10.0 Å². The first-order chi connectivity index (χ1) is 8.40. The molecule has 3 N–H and O–H groups in total. The molecule has 100 valence electrons. The molecular formula is C11H14Br2N2O2S. The van der Waals surface area contributed by atoms with E-state index >= 15 is 0 Å². The molecule has 0 radical (unpaired) electrons. The van der Waals surface area contributed by atoms with Gasteiger partial charge in [0.25, 0.3) is 0 Å². The van der Waals surface area contributed by atoms with Gasteiger partial charge in [0.1, 0.15) is 4.90 Å². The number of nitrogen functional groups attached to an aromatic ring is 1. The Kier molecular flexibility index (Phi) is 4.36. The van der Waals surface area contributed by atoms with Crippen molar-refractivity contribution in [3.05, 3.63) is 21.1 Å². The summed E-state index contributed by atoms with van der Waals surface area (Å²) in [6, 6.07) is 3.17. The van der Waals surface area contributed by atoms with E-state index < -0.39 is 10.0 Å². The monoisotopic (exact) mass is 396 g/mol. The molecule has 7 heteroatoms. The van der Waals surface area contributed by atoms with Crippen molar-refractivity contribution in [2.45, 2.75) is 24.2 Å². The molecule has 1 fully saturated rings. The molecule has 0 unspecified atom stereocenters. The van der Waals surface area contributed by atoms with E-state index in [4.69, 9.17) is 5.73 Å². The summed E-state index contributed by atoms with van der Waals surface area (Å²) in [6.45, 7) is 0.506. The third-order valence-electron chi connectivity index (χ3n) is 3.08. The zero-order valence-corrected chi connectivity index (χ0v) is 13.6. The topological polar surface area (TPSA) is 72.2 Å². The minimum Gasteiger partial charge on any atom is -0.399 e. The molecule has 1 aromatic rings. The fraction of sp³-hybridized carbons (Fsp3) is 0.455. The Bertz CT molecular complexity index is 533. The summed E-state index contributed by atoms with van der Waals surface area (Å²) in [4.78, 5) is 0.205. The summed E-state index contributed by atoms with van der Waals surface area (Å²) in [5, 5.41) is 0. The van der Waals surface area contributed by atoms with Crippen LogP contribution in [0.2, 0.25) is 0 Å². The van der Waals surface area contributed by atoms with Gasteiger partial charge in [-0.05, 0) is 62.8 Å². The molecule has 0 saturated heterocycles. The maximum absolute atomic E-state index is 12.2. The van der Waals surface area contributed by atoms with E-state index in [0.717, 1.165) is 12.8 Å². The number of anilines is 1. The van der Waals surface area contributed by atoms with Gasteiger partial charge in [-0.3, -0.25) is 0 Å². The van der Waals surface area contributed by atoms with E-state index in [1.54, 1.807) is 12.1 Å². The number of sulfonamides is 1. The summed E-state index contributed by atoms with van der Waals surface area (Å²) in [5.74, 6) is 0.478. The number of nitrogens with one attached hydrogen (secondary N) is 1. The molecule has 0 amide bonds. The van der Waals surface area contributed by atoms with Gasteiger partial charge in [-0.15, -0.1) is 0 Å². The Morgan fingerprint density at radius 2 is 1.83 bits per heavy atom. The summed E-state index contributed by atoms with van der Waals surface area (Å²) in [6.07, 6.45) is 3.40. The van der Waals surface area contributed by atoms with E-state index in [0.29, 0.717) is 27.1 Å². The van der Waals surface area contributed by atoms with Crippen molar-refractivity contribution in [1.29, 1.82) is 0 Å². The largest absolute Gasteiger partial charge is 0.399 e. The van der Waals surface area contributed by atoms with Gasteiger partial charge in [-0.2, -0.15) is 0 Å². The molecule has 0 bridgehead atoms. The summed E-state index contributed by atoms with van der Waals surface area (Å²) in [5.41, 5.74) is 6.16. The van der Waals surface area contributed by atoms with Crippen molar-refractivity contribution in [3.8, 4) is 0 Å². The Hall–Kier alpha value is -0.110. The maximum atomic E-state index is 12.2. The van der Waals surface area contributed by atoms with Crippen LogP contribution >= 0.6 is 31.9 Å². The first-order valence-corrected chi connectivity index (χ1v) is 8.71. The van der Waals surface area contributed by atoms with Crippen LogP contribution in [0.4, 0.5) is 5.69 Å².